The molecule has 0 bridgehead atoms. The first-order chi connectivity index (χ1) is 16.9. The van der Waals surface area contributed by atoms with Crippen molar-refractivity contribution in [1.29, 1.82) is 0 Å². The molecule has 35 heavy (non-hydrogen) atoms. The van der Waals surface area contributed by atoms with Crippen molar-refractivity contribution in [2.75, 3.05) is 13.8 Å². The number of aryl methyl sites for hydroxylation is 1. The van der Waals surface area contributed by atoms with Gasteiger partial charge in [0.15, 0.2) is 0 Å². The van der Waals surface area contributed by atoms with Crippen molar-refractivity contribution in [3.8, 4) is 22.5 Å². The smallest absolute Gasteiger partial charge is 0.255 e. The number of carbonyl (C=O) groups excluding carboxylic acids is 2. The monoisotopic (exact) mass is 472 g/mol. The zero-order chi connectivity index (χ0) is 24.7. The topological polar surface area (TPSA) is 82.8 Å². The molecule has 0 aliphatic heterocycles. The molecule has 1 aliphatic rings. The van der Waals surface area contributed by atoms with Crippen LogP contribution in [-0.2, 0) is 0 Å². The molecular formula is C28H25FN2O4. The Bertz CT molecular complexity index is 1440. The van der Waals surface area contributed by atoms with Gasteiger partial charge in [0, 0.05) is 29.6 Å². The van der Waals surface area contributed by atoms with Crippen molar-refractivity contribution >= 4 is 22.8 Å². The molecule has 1 aromatic heterocycles. The molecular weight excluding hydrogens is 447 g/mol. The van der Waals surface area contributed by atoms with Crippen molar-refractivity contribution in [2.24, 2.45) is 0 Å². The Morgan fingerprint density at radius 3 is 2.43 bits per heavy atom. The zero-order valence-electron chi connectivity index (χ0n) is 19.5. The average molecular weight is 473 g/mol. The number of fused-ring (bicyclic) bond motifs is 1. The molecule has 1 heterocycles. The van der Waals surface area contributed by atoms with Gasteiger partial charge < -0.3 is 19.7 Å². The summed E-state index contributed by atoms with van der Waals surface area (Å²) in [6.07, 6.45) is 1.81. The van der Waals surface area contributed by atoms with E-state index in [0.29, 0.717) is 33.4 Å². The summed E-state index contributed by atoms with van der Waals surface area (Å²) in [5.41, 5.74) is 4.61. The first-order valence-corrected chi connectivity index (χ1v) is 11.5. The lowest BCUT2D eigenvalue weighted by Crippen LogP contribution is -2.33. The van der Waals surface area contributed by atoms with Crippen LogP contribution >= 0.6 is 0 Å². The predicted octanol–water partition coefficient (Wildman–Crippen LogP) is 5.13. The molecule has 1 saturated carbocycles. The van der Waals surface area contributed by atoms with Crippen LogP contribution in [0, 0.1) is 12.7 Å². The SMILES string of the molecule is CNC(=O)c1c(-c2ccc(F)cc2)oc2ccc(-c3cc(C(=O)N(CO)C4CC4)ccc3C)cc12. The van der Waals surface area contributed by atoms with Gasteiger partial charge in [-0.15, -0.1) is 0 Å². The summed E-state index contributed by atoms with van der Waals surface area (Å²) in [6.45, 7) is 1.65. The highest BCUT2D eigenvalue weighted by Gasteiger charge is 2.32. The molecule has 178 valence electrons. The lowest BCUT2D eigenvalue weighted by Gasteiger charge is -2.20. The van der Waals surface area contributed by atoms with Crippen LogP contribution in [0.3, 0.4) is 0 Å². The van der Waals surface area contributed by atoms with Gasteiger partial charge >= 0.3 is 0 Å². The normalized spacial score (nSPS) is 13.1. The number of benzene rings is 3. The summed E-state index contributed by atoms with van der Waals surface area (Å²) < 4.78 is 19.5. The van der Waals surface area contributed by atoms with Crippen molar-refractivity contribution in [2.45, 2.75) is 25.8 Å². The number of furan rings is 1. The van der Waals surface area contributed by atoms with Crippen molar-refractivity contribution in [3.05, 3.63) is 83.2 Å². The Kier molecular flexibility index (Phi) is 5.86. The first kappa shape index (κ1) is 22.8. The van der Waals surface area contributed by atoms with Crippen LogP contribution in [0.1, 0.15) is 39.1 Å². The van der Waals surface area contributed by atoms with E-state index in [1.54, 1.807) is 31.3 Å². The van der Waals surface area contributed by atoms with Crippen molar-refractivity contribution < 1.29 is 23.5 Å². The summed E-state index contributed by atoms with van der Waals surface area (Å²) in [6, 6.07) is 16.9. The molecule has 7 heteroatoms. The van der Waals surface area contributed by atoms with Crippen LogP contribution in [0.4, 0.5) is 4.39 Å². The molecule has 0 saturated heterocycles. The highest BCUT2D eigenvalue weighted by atomic mass is 19.1. The first-order valence-electron chi connectivity index (χ1n) is 11.5. The van der Waals surface area contributed by atoms with Gasteiger partial charge in [0.25, 0.3) is 11.8 Å². The quantitative estimate of drug-likeness (QED) is 0.381. The number of nitrogens with one attached hydrogen (secondary N) is 1. The summed E-state index contributed by atoms with van der Waals surface area (Å²) in [7, 11) is 1.55. The van der Waals surface area contributed by atoms with Gasteiger partial charge in [0.1, 0.15) is 23.9 Å². The molecule has 1 fully saturated rings. The maximum Gasteiger partial charge on any atom is 0.255 e. The number of hydrogen-bond donors (Lipinski definition) is 2. The third kappa shape index (κ3) is 4.19. The molecule has 0 radical (unpaired) electrons. The van der Waals surface area contributed by atoms with E-state index in [2.05, 4.69) is 5.32 Å². The molecule has 0 spiro atoms. The Balaban J connectivity index is 1.62. The van der Waals surface area contributed by atoms with E-state index in [1.807, 2.05) is 31.2 Å². The second kappa shape index (κ2) is 9.00. The molecule has 0 unspecified atom stereocenters. The third-order valence-electron chi connectivity index (χ3n) is 6.44. The van der Waals surface area contributed by atoms with Gasteiger partial charge in [-0.05, 0) is 85.0 Å². The number of aliphatic hydroxyl groups is 1. The Labute approximate surface area is 202 Å². The van der Waals surface area contributed by atoms with Crippen LogP contribution in [0.15, 0.2) is 65.1 Å². The van der Waals surface area contributed by atoms with Gasteiger partial charge in [-0.1, -0.05) is 12.1 Å². The molecule has 0 atom stereocenters. The minimum absolute atomic E-state index is 0.0968. The second-order valence-corrected chi connectivity index (χ2v) is 8.78. The predicted molar refractivity (Wildman–Crippen MR) is 131 cm³/mol. The van der Waals surface area contributed by atoms with E-state index in [-0.39, 0.29) is 30.4 Å². The van der Waals surface area contributed by atoms with E-state index in [0.717, 1.165) is 29.5 Å². The minimum atomic E-state index is -0.375. The maximum atomic E-state index is 13.5. The second-order valence-electron chi connectivity index (χ2n) is 8.78. The lowest BCUT2D eigenvalue weighted by atomic mass is 9.95. The summed E-state index contributed by atoms with van der Waals surface area (Å²) in [4.78, 5) is 27.4. The fourth-order valence-corrected chi connectivity index (χ4v) is 4.38. The van der Waals surface area contributed by atoms with E-state index >= 15 is 0 Å². The lowest BCUT2D eigenvalue weighted by molar-refractivity contribution is 0.0531. The summed E-state index contributed by atoms with van der Waals surface area (Å²) in [5, 5.41) is 13.0. The molecule has 3 aromatic carbocycles. The van der Waals surface area contributed by atoms with Crippen LogP contribution in [0.2, 0.25) is 0 Å². The zero-order valence-corrected chi connectivity index (χ0v) is 19.5. The highest BCUT2D eigenvalue weighted by molar-refractivity contribution is 6.12. The van der Waals surface area contributed by atoms with Crippen LogP contribution in [-0.4, -0.2) is 41.6 Å². The van der Waals surface area contributed by atoms with Crippen LogP contribution < -0.4 is 5.32 Å². The van der Waals surface area contributed by atoms with Gasteiger partial charge in [0.05, 0.1) is 5.56 Å². The van der Waals surface area contributed by atoms with E-state index in [4.69, 9.17) is 4.42 Å². The summed E-state index contributed by atoms with van der Waals surface area (Å²) in [5.74, 6) is -0.533. The van der Waals surface area contributed by atoms with Crippen molar-refractivity contribution in [3.63, 3.8) is 0 Å². The molecule has 2 N–H and O–H groups in total. The van der Waals surface area contributed by atoms with E-state index in [9.17, 15) is 19.1 Å². The number of nitrogens with zero attached hydrogens (tertiary/aromatic N) is 1. The van der Waals surface area contributed by atoms with Crippen LogP contribution in [0.25, 0.3) is 33.4 Å². The number of rotatable bonds is 6. The summed E-state index contributed by atoms with van der Waals surface area (Å²) >= 11 is 0. The number of hydrogen-bond acceptors (Lipinski definition) is 4. The number of amides is 2. The minimum Gasteiger partial charge on any atom is -0.455 e. The average Bonchev–Trinajstić information content (AvgIpc) is 3.63. The van der Waals surface area contributed by atoms with E-state index in [1.165, 1.54) is 17.0 Å². The largest absolute Gasteiger partial charge is 0.455 e. The van der Waals surface area contributed by atoms with Crippen molar-refractivity contribution in [1.82, 2.24) is 10.2 Å². The Morgan fingerprint density at radius 1 is 1.06 bits per heavy atom. The fraction of sp³-hybridized carbons (Fsp3) is 0.214. The highest BCUT2D eigenvalue weighted by Crippen LogP contribution is 2.37. The van der Waals surface area contributed by atoms with Gasteiger partial charge in [-0.3, -0.25) is 9.59 Å². The Hall–Kier alpha value is -3.97. The van der Waals surface area contributed by atoms with E-state index < -0.39 is 0 Å². The molecule has 1 aliphatic carbocycles. The molecule has 5 rings (SSSR count). The van der Waals surface area contributed by atoms with Crippen LogP contribution in [0.5, 0.6) is 0 Å². The number of carbonyl (C=O) groups is 2. The van der Waals surface area contributed by atoms with Gasteiger partial charge in [-0.2, -0.15) is 0 Å². The number of halogens is 1. The van der Waals surface area contributed by atoms with Gasteiger partial charge in [-0.25, -0.2) is 4.39 Å². The number of aliphatic hydroxyl groups excluding tert-OH is 1. The maximum absolute atomic E-state index is 13.5. The standard InChI is InChI=1S/C28H25FN2O4/c1-16-3-4-19(28(34)31(15-32)21-10-11-21)14-22(16)18-7-12-24-23(13-18)25(27(33)30-2)26(35-24)17-5-8-20(29)9-6-17/h3-9,12-14,21,32H,10-11,15H2,1-2H3,(H,30,33). The Morgan fingerprint density at radius 2 is 1.77 bits per heavy atom. The fourth-order valence-electron chi connectivity index (χ4n) is 4.38. The molecule has 6 nitrogen and oxygen atoms in total. The molecule has 4 aromatic rings. The third-order valence-corrected chi connectivity index (χ3v) is 6.44. The molecule has 2 amide bonds. The van der Waals surface area contributed by atoms with Gasteiger partial charge in [0.2, 0.25) is 0 Å².